The number of pyridine rings is 1. The second-order valence-corrected chi connectivity index (χ2v) is 8.23. The SMILES string of the molecule is O=C(c1cnc(N2CCc3[nH]c4ccc(F)cc4c3C2)c(Cl)c1)N1CCCCC1. The van der Waals surface area contributed by atoms with E-state index in [0.717, 1.165) is 61.1 Å². The van der Waals surface area contributed by atoms with Gasteiger partial charge in [-0.25, -0.2) is 9.37 Å². The number of aromatic amines is 1. The van der Waals surface area contributed by atoms with Crippen LogP contribution in [0.4, 0.5) is 10.2 Å². The predicted octanol–water partition coefficient (Wildman–Crippen LogP) is 4.54. The van der Waals surface area contributed by atoms with Crippen LogP contribution in [-0.2, 0) is 13.0 Å². The molecule has 2 aliphatic heterocycles. The van der Waals surface area contributed by atoms with Crippen molar-refractivity contribution in [3.63, 3.8) is 0 Å². The first-order valence-electron chi connectivity index (χ1n) is 10.1. The third-order valence-electron chi connectivity index (χ3n) is 5.95. The van der Waals surface area contributed by atoms with Crippen LogP contribution in [0.25, 0.3) is 10.9 Å². The molecule has 2 aliphatic rings. The van der Waals surface area contributed by atoms with Crippen molar-refractivity contribution in [1.29, 1.82) is 0 Å². The van der Waals surface area contributed by atoms with Crippen molar-refractivity contribution >= 4 is 34.2 Å². The van der Waals surface area contributed by atoms with Crippen LogP contribution in [0, 0.1) is 5.82 Å². The third kappa shape index (κ3) is 3.35. The van der Waals surface area contributed by atoms with Gasteiger partial charge >= 0.3 is 0 Å². The number of hydrogen-bond donors (Lipinski definition) is 1. The van der Waals surface area contributed by atoms with E-state index in [0.29, 0.717) is 22.9 Å². The van der Waals surface area contributed by atoms with Crippen molar-refractivity contribution in [2.24, 2.45) is 0 Å². The first kappa shape index (κ1) is 18.4. The quantitative estimate of drug-likeness (QED) is 0.672. The first-order chi connectivity index (χ1) is 14.1. The number of aromatic nitrogens is 2. The minimum absolute atomic E-state index is 0.00122. The summed E-state index contributed by atoms with van der Waals surface area (Å²) < 4.78 is 13.7. The number of likely N-dealkylation sites (tertiary alicyclic amines) is 1. The molecule has 1 N–H and O–H groups in total. The van der Waals surface area contributed by atoms with Gasteiger partial charge in [0.1, 0.15) is 11.6 Å². The second-order valence-electron chi connectivity index (χ2n) is 7.83. The molecule has 0 bridgehead atoms. The number of nitrogens with one attached hydrogen (secondary N) is 1. The van der Waals surface area contributed by atoms with Gasteiger partial charge < -0.3 is 14.8 Å². The molecule has 150 valence electrons. The second kappa shape index (κ2) is 7.34. The predicted molar refractivity (Wildman–Crippen MR) is 112 cm³/mol. The van der Waals surface area contributed by atoms with E-state index in [9.17, 15) is 9.18 Å². The average molecular weight is 413 g/mol. The highest BCUT2D eigenvalue weighted by atomic mass is 35.5. The van der Waals surface area contributed by atoms with Crippen LogP contribution >= 0.6 is 11.6 Å². The van der Waals surface area contributed by atoms with Gasteiger partial charge in [-0.05, 0) is 43.5 Å². The molecular formula is C22H22ClFN4O. The summed E-state index contributed by atoms with van der Waals surface area (Å²) in [5, 5.41) is 1.38. The molecule has 1 saturated heterocycles. The Labute approximate surface area is 173 Å². The smallest absolute Gasteiger partial charge is 0.255 e. The van der Waals surface area contributed by atoms with Crippen LogP contribution in [0.15, 0.2) is 30.5 Å². The van der Waals surface area contributed by atoms with E-state index in [-0.39, 0.29) is 11.7 Å². The molecule has 1 fully saturated rings. The summed E-state index contributed by atoms with van der Waals surface area (Å²) in [6.07, 6.45) is 5.70. The Morgan fingerprint density at radius 1 is 1.14 bits per heavy atom. The molecule has 0 atom stereocenters. The fraction of sp³-hybridized carbons (Fsp3) is 0.364. The highest BCUT2D eigenvalue weighted by Gasteiger charge is 2.25. The van der Waals surface area contributed by atoms with Crippen molar-refractivity contribution in [1.82, 2.24) is 14.9 Å². The molecule has 0 unspecified atom stereocenters. The van der Waals surface area contributed by atoms with Gasteiger partial charge in [-0.3, -0.25) is 4.79 Å². The molecule has 4 heterocycles. The van der Waals surface area contributed by atoms with E-state index in [1.54, 1.807) is 24.4 Å². The van der Waals surface area contributed by atoms with Crippen molar-refractivity contribution in [3.8, 4) is 0 Å². The number of H-pyrrole nitrogens is 1. The van der Waals surface area contributed by atoms with Crippen LogP contribution < -0.4 is 4.90 Å². The molecular weight excluding hydrogens is 391 g/mol. The zero-order valence-electron chi connectivity index (χ0n) is 16.0. The molecule has 29 heavy (non-hydrogen) atoms. The van der Waals surface area contributed by atoms with Crippen LogP contribution in [0.3, 0.4) is 0 Å². The molecule has 2 aromatic heterocycles. The lowest BCUT2D eigenvalue weighted by Crippen LogP contribution is -2.36. The minimum atomic E-state index is -0.242. The van der Waals surface area contributed by atoms with Gasteiger partial charge in [0.05, 0.1) is 10.6 Å². The van der Waals surface area contributed by atoms with E-state index in [1.165, 1.54) is 12.5 Å². The molecule has 1 amide bonds. The van der Waals surface area contributed by atoms with Gasteiger partial charge in [0.2, 0.25) is 0 Å². The fourth-order valence-electron chi connectivity index (χ4n) is 4.43. The number of nitrogens with zero attached hydrogens (tertiary/aromatic N) is 3. The highest BCUT2D eigenvalue weighted by molar-refractivity contribution is 6.33. The number of amides is 1. The number of anilines is 1. The average Bonchev–Trinajstić information content (AvgIpc) is 3.11. The molecule has 0 aliphatic carbocycles. The largest absolute Gasteiger partial charge is 0.358 e. The Balaban J connectivity index is 1.41. The summed E-state index contributed by atoms with van der Waals surface area (Å²) in [4.78, 5) is 24.6. The maximum absolute atomic E-state index is 13.7. The first-order valence-corrected chi connectivity index (χ1v) is 10.5. The van der Waals surface area contributed by atoms with Gasteiger partial charge in [0.15, 0.2) is 0 Å². The number of hydrogen-bond acceptors (Lipinski definition) is 3. The lowest BCUT2D eigenvalue weighted by molar-refractivity contribution is 0.0724. The van der Waals surface area contributed by atoms with Gasteiger partial charge in [-0.15, -0.1) is 0 Å². The summed E-state index contributed by atoms with van der Waals surface area (Å²) >= 11 is 6.55. The summed E-state index contributed by atoms with van der Waals surface area (Å²) in [6, 6.07) is 6.55. The van der Waals surface area contributed by atoms with Gasteiger partial charge in [-0.1, -0.05) is 11.6 Å². The van der Waals surface area contributed by atoms with Gasteiger partial charge in [0.25, 0.3) is 5.91 Å². The summed E-state index contributed by atoms with van der Waals surface area (Å²) in [7, 11) is 0. The van der Waals surface area contributed by atoms with Crippen molar-refractivity contribution < 1.29 is 9.18 Å². The van der Waals surface area contributed by atoms with E-state index in [4.69, 9.17) is 11.6 Å². The summed E-state index contributed by atoms with van der Waals surface area (Å²) in [6.45, 7) is 2.95. The Morgan fingerprint density at radius 2 is 1.97 bits per heavy atom. The van der Waals surface area contributed by atoms with E-state index < -0.39 is 0 Å². The van der Waals surface area contributed by atoms with Crippen LogP contribution in [0.5, 0.6) is 0 Å². The van der Waals surface area contributed by atoms with E-state index in [2.05, 4.69) is 14.9 Å². The highest BCUT2D eigenvalue weighted by Crippen LogP contribution is 2.33. The topological polar surface area (TPSA) is 52.2 Å². The number of benzene rings is 1. The van der Waals surface area contributed by atoms with E-state index >= 15 is 0 Å². The van der Waals surface area contributed by atoms with Crippen molar-refractivity contribution in [2.75, 3.05) is 24.5 Å². The number of piperidine rings is 1. The van der Waals surface area contributed by atoms with Crippen LogP contribution in [0.1, 0.15) is 40.9 Å². The molecule has 3 aromatic rings. The third-order valence-corrected chi connectivity index (χ3v) is 6.23. The Morgan fingerprint density at radius 3 is 2.76 bits per heavy atom. The Kier molecular flexibility index (Phi) is 4.66. The van der Waals surface area contributed by atoms with Crippen LogP contribution in [-0.4, -0.2) is 40.4 Å². The standard InChI is InChI=1S/C22H22ClFN4O/c23-18-10-14(22(29)27-7-2-1-3-8-27)12-25-21(18)28-9-6-20-17(13-28)16-11-15(24)4-5-19(16)26-20/h4-5,10-12,26H,1-3,6-9,13H2. The molecule has 7 heteroatoms. The minimum Gasteiger partial charge on any atom is -0.358 e. The summed E-state index contributed by atoms with van der Waals surface area (Å²) in [5.74, 6) is 0.421. The maximum Gasteiger partial charge on any atom is 0.255 e. The molecule has 5 nitrogen and oxygen atoms in total. The number of carbonyl (C=O) groups is 1. The number of rotatable bonds is 2. The number of halogens is 2. The Hall–Kier alpha value is -2.60. The zero-order valence-corrected chi connectivity index (χ0v) is 16.8. The Bertz CT molecular complexity index is 1090. The molecule has 0 spiro atoms. The molecule has 0 saturated carbocycles. The van der Waals surface area contributed by atoms with Crippen LogP contribution in [0.2, 0.25) is 5.02 Å². The lowest BCUT2D eigenvalue weighted by atomic mass is 10.0. The lowest BCUT2D eigenvalue weighted by Gasteiger charge is -2.30. The zero-order chi connectivity index (χ0) is 20.0. The molecule has 0 radical (unpaired) electrons. The maximum atomic E-state index is 13.7. The van der Waals surface area contributed by atoms with Crippen molar-refractivity contribution in [2.45, 2.75) is 32.2 Å². The fourth-order valence-corrected chi connectivity index (χ4v) is 4.71. The van der Waals surface area contributed by atoms with E-state index in [1.807, 2.05) is 4.90 Å². The normalized spacial score (nSPS) is 16.9. The number of carbonyl (C=O) groups excluding carboxylic acids is 1. The monoisotopic (exact) mass is 412 g/mol. The molecule has 5 rings (SSSR count). The van der Waals surface area contributed by atoms with Gasteiger partial charge in [-0.2, -0.15) is 0 Å². The summed E-state index contributed by atoms with van der Waals surface area (Å²) in [5.41, 5.74) is 3.69. The van der Waals surface area contributed by atoms with Crippen molar-refractivity contribution in [3.05, 3.63) is 58.1 Å². The van der Waals surface area contributed by atoms with Gasteiger partial charge in [0, 0.05) is 61.0 Å². The number of fused-ring (bicyclic) bond motifs is 3. The molecule has 1 aromatic carbocycles.